The Morgan fingerprint density at radius 2 is 2.05 bits per heavy atom. The van der Waals surface area contributed by atoms with Gasteiger partial charge in [-0.05, 0) is 31.4 Å². The van der Waals surface area contributed by atoms with E-state index in [2.05, 4.69) is 12.2 Å². The van der Waals surface area contributed by atoms with E-state index in [0.717, 1.165) is 13.0 Å². The molecule has 3 unspecified atom stereocenters. The number of ether oxygens (including phenoxy) is 1. The van der Waals surface area contributed by atoms with Gasteiger partial charge in [-0.25, -0.2) is 4.90 Å². The lowest BCUT2D eigenvalue weighted by molar-refractivity contribution is -0.121. The highest BCUT2D eigenvalue weighted by Crippen LogP contribution is 2.24. The van der Waals surface area contributed by atoms with Crippen LogP contribution in [0.1, 0.15) is 19.8 Å². The Kier molecular flexibility index (Phi) is 4.03. The molecule has 2 heterocycles. The molecule has 2 aliphatic rings. The van der Waals surface area contributed by atoms with Crippen molar-refractivity contribution in [2.45, 2.75) is 31.9 Å². The van der Waals surface area contributed by atoms with Crippen molar-refractivity contribution in [3.8, 4) is 0 Å². The number of rotatable bonds is 4. The van der Waals surface area contributed by atoms with Crippen LogP contribution in [-0.2, 0) is 14.3 Å². The van der Waals surface area contributed by atoms with Crippen molar-refractivity contribution in [1.29, 1.82) is 0 Å². The molecule has 1 aromatic carbocycles. The third-order valence-electron chi connectivity index (χ3n) is 4.32. The fourth-order valence-corrected chi connectivity index (χ4v) is 2.98. The van der Waals surface area contributed by atoms with Crippen molar-refractivity contribution in [2.75, 3.05) is 18.1 Å². The molecule has 2 aliphatic heterocycles. The summed E-state index contributed by atoms with van der Waals surface area (Å²) in [5, 5.41) is 3.24. The first-order valence-corrected chi connectivity index (χ1v) is 7.43. The second-order valence-corrected chi connectivity index (χ2v) is 5.69. The molecule has 2 fully saturated rings. The average molecular weight is 288 g/mol. The summed E-state index contributed by atoms with van der Waals surface area (Å²) in [6, 6.07) is 8.68. The first-order chi connectivity index (χ1) is 10.2. The largest absolute Gasteiger partial charge is 0.378 e. The van der Waals surface area contributed by atoms with E-state index >= 15 is 0 Å². The smallest absolute Gasteiger partial charge is 0.251 e. The number of hydrogen-bond acceptors (Lipinski definition) is 4. The van der Waals surface area contributed by atoms with Crippen LogP contribution in [0.5, 0.6) is 0 Å². The Bertz CT molecular complexity index is 532. The number of amides is 2. The zero-order valence-corrected chi connectivity index (χ0v) is 12.1. The number of carbonyl (C=O) groups is 2. The van der Waals surface area contributed by atoms with Gasteiger partial charge < -0.3 is 10.1 Å². The lowest BCUT2D eigenvalue weighted by Gasteiger charge is -2.18. The minimum Gasteiger partial charge on any atom is -0.378 e. The van der Waals surface area contributed by atoms with Gasteiger partial charge in [0.15, 0.2) is 0 Å². The van der Waals surface area contributed by atoms with Gasteiger partial charge in [-0.3, -0.25) is 9.59 Å². The number of nitrogens with zero attached hydrogens (tertiary/aromatic N) is 1. The highest BCUT2D eigenvalue weighted by atomic mass is 16.5. The van der Waals surface area contributed by atoms with Crippen molar-refractivity contribution in [1.82, 2.24) is 5.32 Å². The molecule has 2 amide bonds. The van der Waals surface area contributed by atoms with Gasteiger partial charge in [-0.15, -0.1) is 0 Å². The lowest BCUT2D eigenvalue weighted by Crippen LogP contribution is -2.41. The minimum atomic E-state index is -0.412. The molecule has 3 atom stereocenters. The van der Waals surface area contributed by atoms with Crippen molar-refractivity contribution >= 4 is 17.5 Å². The third kappa shape index (κ3) is 2.84. The fraction of sp³-hybridized carbons (Fsp3) is 0.500. The second-order valence-electron chi connectivity index (χ2n) is 5.69. The zero-order chi connectivity index (χ0) is 14.8. The molecule has 0 radical (unpaired) electrons. The number of para-hydroxylation sites is 1. The SMILES string of the molecule is CC1OCCC1CNC1CC(=O)N(c2ccccc2)C1=O. The van der Waals surface area contributed by atoms with E-state index in [1.807, 2.05) is 18.2 Å². The molecule has 1 N–H and O–H groups in total. The molecule has 0 bridgehead atoms. The second kappa shape index (κ2) is 5.95. The van der Waals surface area contributed by atoms with Crippen LogP contribution in [-0.4, -0.2) is 37.1 Å². The van der Waals surface area contributed by atoms with Crippen LogP contribution in [0.3, 0.4) is 0 Å². The van der Waals surface area contributed by atoms with E-state index in [0.29, 0.717) is 18.2 Å². The predicted octanol–water partition coefficient (Wildman–Crippen LogP) is 1.33. The van der Waals surface area contributed by atoms with Gasteiger partial charge in [0, 0.05) is 13.2 Å². The maximum absolute atomic E-state index is 12.4. The number of imide groups is 1. The van der Waals surface area contributed by atoms with Gasteiger partial charge in [0.05, 0.1) is 24.3 Å². The van der Waals surface area contributed by atoms with Gasteiger partial charge in [0.1, 0.15) is 0 Å². The quantitative estimate of drug-likeness (QED) is 0.849. The predicted molar refractivity (Wildman–Crippen MR) is 78.9 cm³/mol. The zero-order valence-electron chi connectivity index (χ0n) is 12.1. The van der Waals surface area contributed by atoms with Crippen LogP contribution in [0.15, 0.2) is 30.3 Å². The number of carbonyl (C=O) groups excluding carboxylic acids is 2. The Morgan fingerprint density at radius 1 is 1.29 bits per heavy atom. The number of nitrogens with one attached hydrogen (secondary N) is 1. The Labute approximate surface area is 124 Å². The molecule has 112 valence electrons. The van der Waals surface area contributed by atoms with E-state index in [9.17, 15) is 9.59 Å². The normalized spacial score (nSPS) is 29.4. The van der Waals surface area contributed by atoms with Gasteiger partial charge in [0.25, 0.3) is 5.91 Å². The standard InChI is InChI=1S/C16H20N2O3/c1-11-12(7-8-21-11)10-17-14-9-15(19)18(16(14)20)13-5-3-2-4-6-13/h2-6,11-12,14,17H,7-10H2,1H3. The van der Waals surface area contributed by atoms with E-state index in [4.69, 9.17) is 4.74 Å². The first kappa shape index (κ1) is 14.2. The Balaban J connectivity index is 1.64. The molecule has 0 saturated carbocycles. The summed E-state index contributed by atoms with van der Waals surface area (Å²) in [4.78, 5) is 25.8. The van der Waals surface area contributed by atoms with E-state index in [1.165, 1.54) is 4.90 Å². The Hall–Kier alpha value is -1.72. The maximum atomic E-state index is 12.4. The van der Waals surface area contributed by atoms with Crippen LogP contribution < -0.4 is 10.2 Å². The number of hydrogen-bond donors (Lipinski definition) is 1. The first-order valence-electron chi connectivity index (χ1n) is 7.43. The van der Waals surface area contributed by atoms with Crippen molar-refractivity contribution in [3.63, 3.8) is 0 Å². The van der Waals surface area contributed by atoms with Crippen molar-refractivity contribution in [2.24, 2.45) is 5.92 Å². The van der Waals surface area contributed by atoms with Crippen LogP contribution in [0.25, 0.3) is 0 Å². The molecule has 21 heavy (non-hydrogen) atoms. The summed E-state index contributed by atoms with van der Waals surface area (Å²) in [5.74, 6) is 0.121. The summed E-state index contributed by atoms with van der Waals surface area (Å²) >= 11 is 0. The molecular formula is C16H20N2O3. The highest BCUT2D eigenvalue weighted by Gasteiger charge is 2.39. The fourth-order valence-electron chi connectivity index (χ4n) is 2.98. The Morgan fingerprint density at radius 3 is 2.71 bits per heavy atom. The van der Waals surface area contributed by atoms with Gasteiger partial charge in [0.2, 0.25) is 5.91 Å². The molecular weight excluding hydrogens is 268 g/mol. The minimum absolute atomic E-state index is 0.139. The summed E-state index contributed by atoms with van der Waals surface area (Å²) in [7, 11) is 0. The maximum Gasteiger partial charge on any atom is 0.251 e. The molecule has 0 spiro atoms. The molecule has 0 aliphatic carbocycles. The molecule has 5 nitrogen and oxygen atoms in total. The van der Waals surface area contributed by atoms with Crippen molar-refractivity contribution in [3.05, 3.63) is 30.3 Å². The highest BCUT2D eigenvalue weighted by molar-refractivity contribution is 6.22. The van der Waals surface area contributed by atoms with Gasteiger partial charge in [-0.2, -0.15) is 0 Å². The average Bonchev–Trinajstić information content (AvgIpc) is 3.01. The van der Waals surface area contributed by atoms with Crippen molar-refractivity contribution < 1.29 is 14.3 Å². The van der Waals surface area contributed by atoms with Crippen LogP contribution >= 0.6 is 0 Å². The molecule has 2 saturated heterocycles. The molecule has 1 aromatic rings. The monoisotopic (exact) mass is 288 g/mol. The van der Waals surface area contributed by atoms with Gasteiger partial charge >= 0.3 is 0 Å². The third-order valence-corrected chi connectivity index (χ3v) is 4.32. The van der Waals surface area contributed by atoms with Gasteiger partial charge in [-0.1, -0.05) is 18.2 Å². The summed E-state index contributed by atoms with van der Waals surface area (Å²) in [5.41, 5.74) is 0.648. The summed E-state index contributed by atoms with van der Waals surface area (Å²) < 4.78 is 5.52. The molecule has 3 rings (SSSR count). The summed E-state index contributed by atoms with van der Waals surface area (Å²) in [6.45, 7) is 3.55. The van der Waals surface area contributed by atoms with E-state index in [-0.39, 0.29) is 24.3 Å². The van der Waals surface area contributed by atoms with Crippen LogP contribution in [0.4, 0.5) is 5.69 Å². The molecule has 5 heteroatoms. The molecule has 0 aromatic heterocycles. The number of benzene rings is 1. The summed E-state index contributed by atoms with van der Waals surface area (Å²) in [6.07, 6.45) is 1.45. The lowest BCUT2D eigenvalue weighted by atomic mass is 10.0. The van der Waals surface area contributed by atoms with E-state index < -0.39 is 6.04 Å². The van der Waals surface area contributed by atoms with Crippen LogP contribution in [0.2, 0.25) is 0 Å². The van der Waals surface area contributed by atoms with E-state index in [1.54, 1.807) is 12.1 Å². The topological polar surface area (TPSA) is 58.6 Å². The number of anilines is 1. The van der Waals surface area contributed by atoms with Crippen LogP contribution in [0, 0.1) is 5.92 Å².